The predicted octanol–water partition coefficient (Wildman–Crippen LogP) is 3.36. The Morgan fingerprint density at radius 3 is 2.56 bits per heavy atom. The molecule has 0 bridgehead atoms. The molecule has 3 nitrogen and oxygen atoms in total. The Kier molecular flexibility index (Phi) is 4.84. The Labute approximate surface area is 99.2 Å². The van der Waals surface area contributed by atoms with E-state index in [2.05, 4.69) is 44.2 Å². The monoisotopic (exact) mass is 223 g/mol. The lowest BCUT2D eigenvalue weighted by molar-refractivity contribution is 0.434. The predicted molar refractivity (Wildman–Crippen MR) is 69.7 cm³/mol. The lowest BCUT2D eigenvalue weighted by Crippen LogP contribution is -2.26. The minimum atomic E-state index is 0.536. The molecule has 92 valence electrons. The molecule has 0 saturated carbocycles. The van der Waals surface area contributed by atoms with Crippen molar-refractivity contribution in [1.29, 1.82) is 0 Å². The van der Waals surface area contributed by atoms with Crippen molar-refractivity contribution in [3.63, 3.8) is 0 Å². The highest BCUT2D eigenvalue weighted by atomic mass is 15.3. The van der Waals surface area contributed by atoms with E-state index in [1.54, 1.807) is 0 Å². The fraction of sp³-hybridized carbons (Fsp3) is 0.769. The average Bonchev–Trinajstić information content (AvgIpc) is 2.55. The van der Waals surface area contributed by atoms with Gasteiger partial charge in [0.05, 0.1) is 0 Å². The van der Waals surface area contributed by atoms with E-state index in [9.17, 15) is 0 Å². The molecule has 0 radical (unpaired) electrons. The maximum absolute atomic E-state index is 4.45. The van der Waals surface area contributed by atoms with Crippen molar-refractivity contribution in [3.8, 4) is 0 Å². The van der Waals surface area contributed by atoms with Crippen LogP contribution in [0, 0.1) is 12.8 Å². The van der Waals surface area contributed by atoms with Gasteiger partial charge in [0.1, 0.15) is 5.82 Å². The van der Waals surface area contributed by atoms with Crippen molar-refractivity contribution < 1.29 is 0 Å². The molecule has 0 spiro atoms. The number of hydrogen-bond donors (Lipinski definition) is 1. The molecule has 2 unspecified atom stereocenters. The molecular weight excluding hydrogens is 198 g/mol. The van der Waals surface area contributed by atoms with Gasteiger partial charge in [0.15, 0.2) is 0 Å². The summed E-state index contributed by atoms with van der Waals surface area (Å²) in [6.45, 7) is 8.88. The summed E-state index contributed by atoms with van der Waals surface area (Å²) in [5.41, 5.74) is 1.19. The highest BCUT2D eigenvalue weighted by Crippen LogP contribution is 2.18. The highest BCUT2D eigenvalue weighted by Gasteiger charge is 2.15. The fourth-order valence-electron chi connectivity index (χ4n) is 2.12. The first-order valence-electron chi connectivity index (χ1n) is 6.35. The number of rotatable bonds is 6. The van der Waals surface area contributed by atoms with E-state index in [4.69, 9.17) is 0 Å². The van der Waals surface area contributed by atoms with Gasteiger partial charge in [-0.15, -0.1) is 0 Å². The zero-order valence-corrected chi connectivity index (χ0v) is 11.2. The maximum atomic E-state index is 4.45. The van der Waals surface area contributed by atoms with Gasteiger partial charge in [0.2, 0.25) is 0 Å². The van der Waals surface area contributed by atoms with Crippen LogP contribution in [0.5, 0.6) is 0 Å². The molecular formula is C13H25N3. The van der Waals surface area contributed by atoms with E-state index in [1.165, 1.54) is 18.5 Å². The second kappa shape index (κ2) is 5.92. The summed E-state index contributed by atoms with van der Waals surface area (Å²) in [5.74, 6) is 1.71. The number of nitrogens with zero attached hydrogens (tertiary/aromatic N) is 2. The SMILES string of the molecule is CCCC(C)C(CC)Nc1cc(C)n(C)n1. The van der Waals surface area contributed by atoms with Gasteiger partial charge in [0, 0.05) is 24.8 Å². The van der Waals surface area contributed by atoms with Gasteiger partial charge in [0.25, 0.3) is 0 Å². The van der Waals surface area contributed by atoms with Crippen LogP contribution >= 0.6 is 0 Å². The van der Waals surface area contributed by atoms with Gasteiger partial charge in [-0.2, -0.15) is 5.10 Å². The Balaban J connectivity index is 2.62. The van der Waals surface area contributed by atoms with Crippen molar-refractivity contribution in [2.45, 2.75) is 53.0 Å². The molecule has 2 atom stereocenters. The molecule has 1 N–H and O–H groups in total. The first-order chi connectivity index (χ1) is 7.58. The van der Waals surface area contributed by atoms with Gasteiger partial charge < -0.3 is 5.32 Å². The van der Waals surface area contributed by atoms with Crippen LogP contribution in [-0.2, 0) is 7.05 Å². The third kappa shape index (κ3) is 3.26. The first kappa shape index (κ1) is 13.1. The van der Waals surface area contributed by atoms with Crippen LogP contribution < -0.4 is 5.32 Å². The molecule has 1 aromatic heterocycles. The molecule has 1 heterocycles. The summed E-state index contributed by atoms with van der Waals surface area (Å²) in [4.78, 5) is 0. The van der Waals surface area contributed by atoms with Crippen molar-refractivity contribution >= 4 is 5.82 Å². The number of hydrogen-bond acceptors (Lipinski definition) is 2. The second-order valence-electron chi connectivity index (χ2n) is 4.72. The lowest BCUT2D eigenvalue weighted by Gasteiger charge is -2.23. The summed E-state index contributed by atoms with van der Waals surface area (Å²) in [7, 11) is 1.98. The molecule has 0 amide bonds. The standard InChI is InChI=1S/C13H25N3/c1-6-8-10(3)12(7-2)14-13-9-11(4)16(5)15-13/h9-10,12H,6-8H2,1-5H3,(H,14,15). The zero-order valence-electron chi connectivity index (χ0n) is 11.2. The number of anilines is 1. The first-order valence-corrected chi connectivity index (χ1v) is 6.35. The molecule has 0 aliphatic rings. The number of aromatic nitrogens is 2. The van der Waals surface area contributed by atoms with Crippen LogP contribution in [0.25, 0.3) is 0 Å². The van der Waals surface area contributed by atoms with Gasteiger partial charge in [-0.3, -0.25) is 4.68 Å². The third-order valence-electron chi connectivity index (χ3n) is 3.32. The quantitative estimate of drug-likeness (QED) is 0.801. The Bertz CT molecular complexity index is 297. The van der Waals surface area contributed by atoms with Crippen LogP contribution in [0.3, 0.4) is 0 Å². The minimum Gasteiger partial charge on any atom is -0.366 e. The average molecular weight is 223 g/mol. The van der Waals surface area contributed by atoms with Crippen molar-refractivity contribution in [3.05, 3.63) is 11.8 Å². The molecule has 1 aromatic rings. The van der Waals surface area contributed by atoms with Crippen LogP contribution in [0.15, 0.2) is 6.07 Å². The molecule has 0 saturated heterocycles. The molecule has 0 fully saturated rings. The van der Waals surface area contributed by atoms with Crippen LogP contribution in [0.4, 0.5) is 5.82 Å². The van der Waals surface area contributed by atoms with Crippen LogP contribution in [0.2, 0.25) is 0 Å². The van der Waals surface area contributed by atoms with E-state index < -0.39 is 0 Å². The van der Waals surface area contributed by atoms with Crippen molar-refractivity contribution in [1.82, 2.24) is 9.78 Å². The van der Waals surface area contributed by atoms with Crippen molar-refractivity contribution in [2.75, 3.05) is 5.32 Å². The summed E-state index contributed by atoms with van der Waals surface area (Å²) >= 11 is 0. The molecule has 16 heavy (non-hydrogen) atoms. The summed E-state index contributed by atoms with van der Waals surface area (Å²) in [6, 6.07) is 2.65. The molecule has 0 aliphatic carbocycles. The van der Waals surface area contributed by atoms with Crippen LogP contribution in [-0.4, -0.2) is 15.8 Å². The molecule has 3 heteroatoms. The van der Waals surface area contributed by atoms with Gasteiger partial charge >= 0.3 is 0 Å². The second-order valence-corrected chi connectivity index (χ2v) is 4.72. The van der Waals surface area contributed by atoms with Crippen LogP contribution in [0.1, 0.15) is 45.7 Å². The Morgan fingerprint density at radius 2 is 2.12 bits per heavy atom. The van der Waals surface area contributed by atoms with E-state index in [1.807, 2.05) is 11.7 Å². The lowest BCUT2D eigenvalue weighted by atomic mass is 9.95. The number of aryl methyl sites for hydroxylation is 2. The van der Waals surface area contributed by atoms with Crippen molar-refractivity contribution in [2.24, 2.45) is 13.0 Å². The summed E-state index contributed by atoms with van der Waals surface area (Å²) in [6.07, 6.45) is 3.68. The fourth-order valence-corrected chi connectivity index (χ4v) is 2.12. The minimum absolute atomic E-state index is 0.536. The van der Waals surface area contributed by atoms with E-state index in [0.717, 1.165) is 12.2 Å². The molecule has 0 aromatic carbocycles. The summed E-state index contributed by atoms with van der Waals surface area (Å²) < 4.78 is 1.92. The summed E-state index contributed by atoms with van der Waals surface area (Å²) in [5, 5.41) is 7.99. The maximum Gasteiger partial charge on any atom is 0.148 e. The van der Waals surface area contributed by atoms with Gasteiger partial charge in [-0.1, -0.05) is 27.2 Å². The van der Waals surface area contributed by atoms with E-state index >= 15 is 0 Å². The Morgan fingerprint density at radius 1 is 1.44 bits per heavy atom. The Hall–Kier alpha value is -0.990. The van der Waals surface area contributed by atoms with Gasteiger partial charge in [-0.25, -0.2) is 0 Å². The normalized spacial score (nSPS) is 14.8. The molecule has 1 rings (SSSR count). The van der Waals surface area contributed by atoms with E-state index in [0.29, 0.717) is 12.0 Å². The highest BCUT2D eigenvalue weighted by molar-refractivity contribution is 5.36. The van der Waals surface area contributed by atoms with Gasteiger partial charge in [-0.05, 0) is 25.7 Å². The number of nitrogens with one attached hydrogen (secondary N) is 1. The molecule has 0 aliphatic heterocycles. The zero-order chi connectivity index (χ0) is 12.1. The van der Waals surface area contributed by atoms with E-state index in [-0.39, 0.29) is 0 Å². The largest absolute Gasteiger partial charge is 0.366 e. The smallest absolute Gasteiger partial charge is 0.148 e. The topological polar surface area (TPSA) is 29.9 Å². The third-order valence-corrected chi connectivity index (χ3v) is 3.32.